The predicted molar refractivity (Wildman–Crippen MR) is 66.6 cm³/mol. The summed E-state index contributed by atoms with van der Waals surface area (Å²) in [5, 5.41) is 3.71. The number of amides is 1. The molecule has 1 heterocycles. The van der Waals surface area contributed by atoms with Gasteiger partial charge in [0.05, 0.1) is 10.2 Å². The molecule has 84 valence electrons. The zero-order chi connectivity index (χ0) is 11.7. The Bertz CT molecular complexity index is 535. The second-order valence-electron chi connectivity index (χ2n) is 3.76. The standard InChI is InChI=1S/C11H13N3OS/c1-6-3-4-9-8(5-6)14-11(16-9)13-7(2)10(12)15/h3-5,7H,1-2H3,(H2,12,15)(H,13,14). The Morgan fingerprint density at radius 1 is 1.56 bits per heavy atom. The number of aryl methyl sites for hydroxylation is 1. The number of carbonyl (C=O) groups excluding carboxylic acids is 1. The highest BCUT2D eigenvalue weighted by Gasteiger charge is 2.11. The minimum absolute atomic E-state index is 0.379. The number of thiazole rings is 1. The Labute approximate surface area is 97.5 Å². The van der Waals surface area contributed by atoms with Crippen molar-refractivity contribution in [1.29, 1.82) is 0 Å². The van der Waals surface area contributed by atoms with Gasteiger partial charge in [-0.15, -0.1) is 0 Å². The molecule has 0 fully saturated rings. The molecule has 0 aliphatic rings. The number of nitrogens with one attached hydrogen (secondary N) is 1. The maximum Gasteiger partial charge on any atom is 0.239 e. The topological polar surface area (TPSA) is 68.0 Å². The number of hydrogen-bond donors (Lipinski definition) is 2. The first kappa shape index (κ1) is 10.9. The first-order valence-electron chi connectivity index (χ1n) is 4.99. The summed E-state index contributed by atoms with van der Waals surface area (Å²) in [6, 6.07) is 5.69. The number of anilines is 1. The van der Waals surface area contributed by atoms with Crippen molar-refractivity contribution >= 4 is 32.6 Å². The Kier molecular flexibility index (Phi) is 2.78. The molecule has 4 nitrogen and oxygen atoms in total. The molecule has 1 aromatic heterocycles. The van der Waals surface area contributed by atoms with Crippen molar-refractivity contribution in [2.24, 2.45) is 5.73 Å². The van der Waals surface area contributed by atoms with E-state index in [0.717, 1.165) is 15.3 Å². The SMILES string of the molecule is Cc1ccc2sc(NC(C)C(N)=O)nc2c1. The third-order valence-electron chi connectivity index (χ3n) is 2.31. The van der Waals surface area contributed by atoms with E-state index in [1.165, 1.54) is 16.9 Å². The van der Waals surface area contributed by atoms with Crippen molar-refractivity contribution < 1.29 is 4.79 Å². The van der Waals surface area contributed by atoms with Gasteiger partial charge in [-0.05, 0) is 31.5 Å². The van der Waals surface area contributed by atoms with Crippen molar-refractivity contribution in [2.75, 3.05) is 5.32 Å². The fourth-order valence-electron chi connectivity index (χ4n) is 1.36. The maximum atomic E-state index is 10.9. The van der Waals surface area contributed by atoms with E-state index < -0.39 is 6.04 Å². The van der Waals surface area contributed by atoms with Gasteiger partial charge < -0.3 is 11.1 Å². The first-order chi connectivity index (χ1) is 7.56. The Balaban J connectivity index is 2.29. The summed E-state index contributed by atoms with van der Waals surface area (Å²) in [6.45, 7) is 3.75. The van der Waals surface area contributed by atoms with Gasteiger partial charge in [0, 0.05) is 0 Å². The van der Waals surface area contributed by atoms with Crippen molar-refractivity contribution in [3.05, 3.63) is 23.8 Å². The van der Waals surface area contributed by atoms with Gasteiger partial charge in [0.2, 0.25) is 5.91 Å². The van der Waals surface area contributed by atoms with E-state index in [4.69, 9.17) is 5.73 Å². The normalized spacial score (nSPS) is 12.6. The third kappa shape index (κ3) is 2.14. The van der Waals surface area contributed by atoms with Gasteiger partial charge in [0.15, 0.2) is 5.13 Å². The second kappa shape index (κ2) is 4.09. The highest BCUT2D eigenvalue weighted by Crippen LogP contribution is 2.26. The molecule has 1 aromatic carbocycles. The summed E-state index contributed by atoms with van der Waals surface area (Å²) < 4.78 is 1.10. The van der Waals surface area contributed by atoms with Gasteiger partial charge in [-0.3, -0.25) is 4.79 Å². The third-order valence-corrected chi connectivity index (χ3v) is 3.28. The molecule has 0 saturated carbocycles. The number of nitrogens with zero attached hydrogens (tertiary/aromatic N) is 1. The monoisotopic (exact) mass is 235 g/mol. The zero-order valence-corrected chi connectivity index (χ0v) is 9.97. The van der Waals surface area contributed by atoms with Crippen LogP contribution in [0.3, 0.4) is 0 Å². The van der Waals surface area contributed by atoms with Gasteiger partial charge in [-0.1, -0.05) is 17.4 Å². The van der Waals surface area contributed by atoms with E-state index in [1.54, 1.807) is 6.92 Å². The Morgan fingerprint density at radius 2 is 2.31 bits per heavy atom. The molecule has 1 amide bonds. The molecule has 2 rings (SSSR count). The molecule has 1 atom stereocenters. The van der Waals surface area contributed by atoms with Crippen molar-refractivity contribution in [2.45, 2.75) is 19.9 Å². The van der Waals surface area contributed by atoms with Crippen LogP contribution < -0.4 is 11.1 Å². The van der Waals surface area contributed by atoms with E-state index >= 15 is 0 Å². The van der Waals surface area contributed by atoms with Gasteiger partial charge in [-0.2, -0.15) is 0 Å². The molecule has 16 heavy (non-hydrogen) atoms. The van der Waals surface area contributed by atoms with Crippen LogP contribution in [-0.2, 0) is 4.79 Å². The van der Waals surface area contributed by atoms with E-state index in [0.29, 0.717) is 0 Å². The van der Waals surface area contributed by atoms with E-state index in [1.807, 2.05) is 25.1 Å². The van der Waals surface area contributed by atoms with Crippen LogP contribution in [0.5, 0.6) is 0 Å². The lowest BCUT2D eigenvalue weighted by atomic mass is 10.2. The quantitative estimate of drug-likeness (QED) is 0.853. The second-order valence-corrected chi connectivity index (χ2v) is 4.79. The lowest BCUT2D eigenvalue weighted by molar-refractivity contribution is -0.118. The number of nitrogens with two attached hydrogens (primary N) is 1. The summed E-state index contributed by atoms with van der Waals surface area (Å²) in [6.07, 6.45) is 0. The molecule has 2 aromatic rings. The summed E-state index contributed by atoms with van der Waals surface area (Å²) in [7, 11) is 0. The van der Waals surface area contributed by atoms with Crippen LogP contribution in [0.1, 0.15) is 12.5 Å². The van der Waals surface area contributed by atoms with Crippen molar-refractivity contribution in [1.82, 2.24) is 4.98 Å². The van der Waals surface area contributed by atoms with Gasteiger partial charge in [0.25, 0.3) is 0 Å². The zero-order valence-electron chi connectivity index (χ0n) is 9.15. The average molecular weight is 235 g/mol. The number of rotatable bonds is 3. The number of aromatic nitrogens is 1. The minimum atomic E-state index is -0.401. The summed E-state index contributed by atoms with van der Waals surface area (Å²) in [4.78, 5) is 15.3. The first-order valence-corrected chi connectivity index (χ1v) is 5.81. The van der Waals surface area contributed by atoms with Crippen molar-refractivity contribution in [3.63, 3.8) is 0 Å². The number of hydrogen-bond acceptors (Lipinski definition) is 4. The average Bonchev–Trinajstić information content (AvgIpc) is 2.58. The molecule has 0 spiro atoms. The summed E-state index contributed by atoms with van der Waals surface area (Å²) in [5.74, 6) is -0.379. The molecular weight excluding hydrogens is 222 g/mol. The highest BCUT2D eigenvalue weighted by molar-refractivity contribution is 7.22. The van der Waals surface area contributed by atoms with E-state index in [2.05, 4.69) is 10.3 Å². The number of benzene rings is 1. The highest BCUT2D eigenvalue weighted by atomic mass is 32.1. The molecule has 5 heteroatoms. The molecule has 0 bridgehead atoms. The van der Waals surface area contributed by atoms with Crippen LogP contribution in [0.25, 0.3) is 10.2 Å². The fraction of sp³-hybridized carbons (Fsp3) is 0.273. The van der Waals surface area contributed by atoms with Crippen LogP contribution in [0, 0.1) is 6.92 Å². The van der Waals surface area contributed by atoms with Crippen LogP contribution in [0.2, 0.25) is 0 Å². The molecule has 0 radical (unpaired) electrons. The lowest BCUT2D eigenvalue weighted by Crippen LogP contribution is -2.32. The van der Waals surface area contributed by atoms with Gasteiger partial charge >= 0.3 is 0 Å². The lowest BCUT2D eigenvalue weighted by Gasteiger charge is -2.06. The van der Waals surface area contributed by atoms with Crippen molar-refractivity contribution in [3.8, 4) is 0 Å². The maximum absolute atomic E-state index is 10.9. The molecule has 0 saturated heterocycles. The summed E-state index contributed by atoms with van der Waals surface area (Å²) >= 11 is 1.52. The van der Waals surface area contributed by atoms with Crippen LogP contribution in [-0.4, -0.2) is 16.9 Å². The fourth-order valence-corrected chi connectivity index (χ4v) is 2.29. The van der Waals surface area contributed by atoms with Gasteiger partial charge in [-0.25, -0.2) is 4.98 Å². The van der Waals surface area contributed by atoms with E-state index in [9.17, 15) is 4.79 Å². The molecule has 0 aliphatic carbocycles. The molecule has 0 aliphatic heterocycles. The number of carbonyl (C=O) groups is 1. The smallest absolute Gasteiger partial charge is 0.239 e. The molecular formula is C11H13N3OS. The largest absolute Gasteiger partial charge is 0.368 e. The summed E-state index contributed by atoms with van der Waals surface area (Å²) in [5.41, 5.74) is 7.30. The van der Waals surface area contributed by atoms with E-state index in [-0.39, 0.29) is 5.91 Å². The molecule has 1 unspecified atom stereocenters. The number of fused-ring (bicyclic) bond motifs is 1. The van der Waals surface area contributed by atoms with Crippen LogP contribution >= 0.6 is 11.3 Å². The predicted octanol–water partition coefficient (Wildman–Crippen LogP) is 1.89. The Morgan fingerprint density at radius 3 is 3.00 bits per heavy atom. The number of primary amides is 1. The Hall–Kier alpha value is -1.62. The minimum Gasteiger partial charge on any atom is -0.368 e. The molecule has 3 N–H and O–H groups in total. The van der Waals surface area contributed by atoms with Crippen LogP contribution in [0.4, 0.5) is 5.13 Å². The van der Waals surface area contributed by atoms with Gasteiger partial charge in [0.1, 0.15) is 6.04 Å². The van der Waals surface area contributed by atoms with Crippen LogP contribution in [0.15, 0.2) is 18.2 Å².